The highest BCUT2D eigenvalue weighted by Gasteiger charge is 2.00. The first-order valence-corrected chi connectivity index (χ1v) is 2.83. The minimum atomic E-state index is 0.403. The van der Waals surface area contributed by atoms with Crippen LogP contribution in [0.5, 0.6) is 0 Å². The molecule has 44 valence electrons. The predicted molar refractivity (Wildman–Crippen MR) is 35.9 cm³/mol. The maximum absolute atomic E-state index is 4.25. The molecule has 1 heterocycles. The summed E-state index contributed by atoms with van der Waals surface area (Å²) in [6.45, 7) is 4.90. The molecule has 0 aromatic rings. The molecule has 0 aliphatic carbocycles. The molecule has 1 unspecified atom stereocenters. The van der Waals surface area contributed by atoms with Crippen molar-refractivity contribution in [1.29, 1.82) is 0 Å². The number of rotatable bonds is 0. The second-order valence-electron chi connectivity index (χ2n) is 2.11. The lowest BCUT2D eigenvalue weighted by atomic mass is 10.3. The van der Waals surface area contributed by atoms with Gasteiger partial charge >= 0.3 is 0 Å². The summed E-state index contributed by atoms with van der Waals surface area (Å²) in [4.78, 5) is 8.33. The predicted octanol–water partition coefficient (Wildman–Crippen LogP) is 0.920. The van der Waals surface area contributed by atoms with Crippen molar-refractivity contribution in [3.05, 3.63) is 0 Å². The van der Waals surface area contributed by atoms with Crippen LogP contribution in [0.25, 0.3) is 0 Å². The first-order valence-electron chi connectivity index (χ1n) is 2.83. The molecule has 0 saturated carbocycles. The summed E-state index contributed by atoms with van der Waals surface area (Å²) in [6, 6.07) is 0.403. The molecule has 0 fully saturated rings. The molecule has 8 heavy (non-hydrogen) atoms. The summed E-state index contributed by atoms with van der Waals surface area (Å²) in [5.41, 5.74) is 1.05. The zero-order valence-corrected chi connectivity index (χ0v) is 5.26. The lowest BCUT2D eigenvalue weighted by Gasteiger charge is -2.06. The highest BCUT2D eigenvalue weighted by atomic mass is 14.9. The number of hydrogen-bond donors (Lipinski definition) is 0. The van der Waals surface area contributed by atoms with E-state index >= 15 is 0 Å². The molecule has 0 aromatic heterocycles. The highest BCUT2D eigenvalue weighted by Crippen LogP contribution is 1.95. The van der Waals surface area contributed by atoms with Crippen LogP contribution >= 0.6 is 0 Å². The Kier molecular flexibility index (Phi) is 1.42. The third-order valence-corrected chi connectivity index (χ3v) is 1.07. The average molecular weight is 110 g/mol. The lowest BCUT2D eigenvalue weighted by molar-refractivity contribution is 0.751. The fourth-order valence-electron chi connectivity index (χ4n) is 0.759. The van der Waals surface area contributed by atoms with Crippen LogP contribution < -0.4 is 0 Å². The second kappa shape index (κ2) is 2.07. The van der Waals surface area contributed by atoms with Gasteiger partial charge in [0.15, 0.2) is 0 Å². The Morgan fingerprint density at radius 3 is 2.88 bits per heavy atom. The van der Waals surface area contributed by atoms with Crippen LogP contribution in [0.15, 0.2) is 9.98 Å². The second-order valence-corrected chi connectivity index (χ2v) is 2.11. The van der Waals surface area contributed by atoms with Crippen molar-refractivity contribution in [3.63, 3.8) is 0 Å². The van der Waals surface area contributed by atoms with Gasteiger partial charge in [0.2, 0.25) is 0 Å². The third-order valence-electron chi connectivity index (χ3n) is 1.07. The van der Waals surface area contributed by atoms with Crippen molar-refractivity contribution in [1.82, 2.24) is 0 Å². The number of nitrogens with zero attached hydrogens (tertiary/aromatic N) is 2. The van der Waals surface area contributed by atoms with Crippen molar-refractivity contribution < 1.29 is 0 Å². The number of aliphatic imine (C=N–C) groups is 2. The van der Waals surface area contributed by atoms with Crippen LogP contribution in [0.2, 0.25) is 0 Å². The van der Waals surface area contributed by atoms with Crippen molar-refractivity contribution in [3.8, 4) is 0 Å². The van der Waals surface area contributed by atoms with Crippen LogP contribution in [0.1, 0.15) is 13.8 Å². The molecule has 0 saturated heterocycles. The Bertz CT molecular complexity index is 135. The Labute approximate surface area is 49.3 Å². The van der Waals surface area contributed by atoms with E-state index in [-0.39, 0.29) is 0 Å². The maximum Gasteiger partial charge on any atom is 0.0670 e. The van der Waals surface area contributed by atoms with Gasteiger partial charge in [-0.1, -0.05) is 0 Å². The van der Waals surface area contributed by atoms with Crippen LogP contribution in [-0.4, -0.2) is 24.5 Å². The molecule has 1 aliphatic heterocycles. The largest absolute Gasteiger partial charge is 0.289 e. The van der Waals surface area contributed by atoms with Gasteiger partial charge in [-0.2, -0.15) is 0 Å². The summed E-state index contributed by atoms with van der Waals surface area (Å²) < 4.78 is 0. The van der Waals surface area contributed by atoms with Gasteiger partial charge in [-0.3, -0.25) is 9.98 Å². The topological polar surface area (TPSA) is 24.7 Å². The van der Waals surface area contributed by atoms with Gasteiger partial charge in [0.25, 0.3) is 0 Å². The Morgan fingerprint density at radius 1 is 1.75 bits per heavy atom. The Hall–Kier alpha value is -0.660. The SMILES string of the molecule is CC1=NC(C)CN=C1. The van der Waals surface area contributed by atoms with E-state index in [0.29, 0.717) is 6.04 Å². The molecule has 0 radical (unpaired) electrons. The molecule has 0 N–H and O–H groups in total. The summed E-state index contributed by atoms with van der Waals surface area (Å²) >= 11 is 0. The van der Waals surface area contributed by atoms with Crippen LogP contribution in [0.4, 0.5) is 0 Å². The van der Waals surface area contributed by atoms with Gasteiger partial charge in [0.05, 0.1) is 12.6 Å². The summed E-state index contributed by atoms with van der Waals surface area (Å²) in [5.74, 6) is 0. The van der Waals surface area contributed by atoms with Crippen LogP contribution in [-0.2, 0) is 0 Å². The molecular weight excluding hydrogens is 100 g/mol. The summed E-state index contributed by atoms with van der Waals surface area (Å²) in [6.07, 6.45) is 1.82. The standard InChI is InChI=1S/C6H10N2/c1-5-3-7-4-6(2)8-5/h3,6H,4H2,1-2H3. The van der Waals surface area contributed by atoms with Crippen LogP contribution in [0, 0.1) is 0 Å². The highest BCUT2D eigenvalue weighted by molar-refractivity contribution is 6.29. The smallest absolute Gasteiger partial charge is 0.0670 e. The summed E-state index contributed by atoms with van der Waals surface area (Å²) in [7, 11) is 0. The minimum Gasteiger partial charge on any atom is -0.289 e. The molecule has 0 aromatic carbocycles. The molecule has 0 amide bonds. The van der Waals surface area contributed by atoms with Crippen molar-refractivity contribution >= 4 is 11.9 Å². The normalized spacial score (nSPS) is 27.8. The van der Waals surface area contributed by atoms with E-state index in [1.807, 2.05) is 13.1 Å². The fraction of sp³-hybridized carbons (Fsp3) is 0.667. The van der Waals surface area contributed by atoms with Gasteiger partial charge < -0.3 is 0 Å². The monoisotopic (exact) mass is 110 g/mol. The van der Waals surface area contributed by atoms with E-state index in [9.17, 15) is 0 Å². The first-order chi connectivity index (χ1) is 3.79. The molecule has 0 bridgehead atoms. The molecule has 2 nitrogen and oxygen atoms in total. The van der Waals surface area contributed by atoms with Crippen LogP contribution in [0.3, 0.4) is 0 Å². The Morgan fingerprint density at radius 2 is 2.50 bits per heavy atom. The molecule has 1 aliphatic rings. The molecular formula is C6H10N2. The van der Waals surface area contributed by atoms with E-state index in [4.69, 9.17) is 0 Å². The Balaban J connectivity index is 2.63. The maximum atomic E-state index is 4.25. The molecule has 2 heteroatoms. The van der Waals surface area contributed by atoms with Crippen molar-refractivity contribution in [2.45, 2.75) is 19.9 Å². The molecule has 1 rings (SSSR count). The van der Waals surface area contributed by atoms with Gasteiger partial charge in [-0.05, 0) is 13.8 Å². The van der Waals surface area contributed by atoms with Crippen molar-refractivity contribution in [2.75, 3.05) is 6.54 Å². The molecule has 1 atom stereocenters. The third kappa shape index (κ3) is 1.15. The van der Waals surface area contributed by atoms with E-state index in [0.717, 1.165) is 12.3 Å². The van der Waals surface area contributed by atoms with Gasteiger partial charge in [0.1, 0.15) is 0 Å². The quantitative estimate of drug-likeness (QED) is 0.443. The van der Waals surface area contributed by atoms with Gasteiger partial charge in [-0.25, -0.2) is 0 Å². The van der Waals surface area contributed by atoms with Gasteiger partial charge in [-0.15, -0.1) is 0 Å². The average Bonchev–Trinajstić information content (AvgIpc) is 1.64. The zero-order valence-electron chi connectivity index (χ0n) is 5.26. The van der Waals surface area contributed by atoms with E-state index in [1.165, 1.54) is 0 Å². The zero-order chi connectivity index (χ0) is 5.98. The van der Waals surface area contributed by atoms with Crippen molar-refractivity contribution in [2.24, 2.45) is 9.98 Å². The van der Waals surface area contributed by atoms with E-state index in [2.05, 4.69) is 16.9 Å². The molecule has 0 spiro atoms. The lowest BCUT2D eigenvalue weighted by Crippen LogP contribution is -2.12. The van der Waals surface area contributed by atoms with E-state index < -0.39 is 0 Å². The minimum absolute atomic E-state index is 0.403. The number of hydrogen-bond acceptors (Lipinski definition) is 2. The summed E-state index contributed by atoms with van der Waals surface area (Å²) in [5, 5.41) is 0. The fourth-order valence-corrected chi connectivity index (χ4v) is 0.759. The van der Waals surface area contributed by atoms with E-state index in [1.54, 1.807) is 0 Å². The first kappa shape index (κ1) is 5.48. The van der Waals surface area contributed by atoms with Gasteiger partial charge in [0, 0.05) is 11.9 Å².